The number of unbranched alkanes of at least 4 members (excludes halogenated alkanes) is 7. The van der Waals surface area contributed by atoms with E-state index >= 15 is 0 Å². The van der Waals surface area contributed by atoms with Gasteiger partial charge in [0.2, 0.25) is 0 Å². The van der Waals surface area contributed by atoms with Crippen molar-refractivity contribution in [1.82, 2.24) is 0 Å². The highest BCUT2D eigenvalue weighted by Crippen LogP contribution is 2.10. The second-order valence-electron chi connectivity index (χ2n) is 6.91. The van der Waals surface area contributed by atoms with Crippen LogP contribution in [0.5, 0.6) is 0 Å². The Morgan fingerprint density at radius 2 is 1.20 bits per heavy atom. The van der Waals surface area contributed by atoms with Crippen molar-refractivity contribution in [2.45, 2.75) is 104 Å². The summed E-state index contributed by atoms with van der Waals surface area (Å²) in [5, 5.41) is 0. The van der Waals surface area contributed by atoms with Crippen LogP contribution in [0.2, 0.25) is 0 Å². The van der Waals surface area contributed by atoms with Gasteiger partial charge in [-0.2, -0.15) is 0 Å². The third-order valence-corrected chi connectivity index (χ3v) is 4.66. The van der Waals surface area contributed by atoms with Crippen LogP contribution >= 0.6 is 0 Å². The zero-order valence-corrected chi connectivity index (χ0v) is 16.8. The molecule has 0 radical (unpaired) electrons. The molecule has 0 heterocycles. The van der Waals surface area contributed by atoms with E-state index in [2.05, 4.69) is 20.8 Å². The van der Waals surface area contributed by atoms with Gasteiger partial charge >= 0.3 is 11.9 Å². The first-order chi connectivity index (χ1) is 12.1. The van der Waals surface area contributed by atoms with Crippen LogP contribution in [0.1, 0.15) is 104 Å². The summed E-state index contributed by atoms with van der Waals surface area (Å²) < 4.78 is 10.4. The Morgan fingerprint density at radius 1 is 0.680 bits per heavy atom. The average molecular weight is 357 g/mol. The van der Waals surface area contributed by atoms with Gasteiger partial charge in [0.1, 0.15) is 0 Å². The molecular weight excluding hydrogens is 316 g/mol. The zero-order valence-electron chi connectivity index (χ0n) is 16.8. The molecule has 0 fully saturated rings. The van der Waals surface area contributed by atoms with Gasteiger partial charge in [0, 0.05) is 12.8 Å². The minimum Gasteiger partial charge on any atom is -0.466 e. The van der Waals surface area contributed by atoms with Crippen molar-refractivity contribution in [2.24, 2.45) is 5.92 Å². The maximum absolute atomic E-state index is 11.6. The van der Waals surface area contributed by atoms with Crippen LogP contribution in [0.3, 0.4) is 0 Å². The fourth-order valence-corrected chi connectivity index (χ4v) is 2.68. The topological polar surface area (TPSA) is 52.6 Å². The van der Waals surface area contributed by atoms with E-state index in [1.54, 1.807) is 0 Å². The average Bonchev–Trinajstić information content (AvgIpc) is 2.61. The van der Waals surface area contributed by atoms with Crippen LogP contribution in [0.15, 0.2) is 0 Å². The summed E-state index contributed by atoms with van der Waals surface area (Å²) in [4.78, 5) is 23.2. The van der Waals surface area contributed by atoms with Gasteiger partial charge in [0.25, 0.3) is 0 Å². The van der Waals surface area contributed by atoms with Crippen molar-refractivity contribution in [3.05, 3.63) is 0 Å². The zero-order chi connectivity index (χ0) is 18.8. The van der Waals surface area contributed by atoms with Crippen LogP contribution in [0.25, 0.3) is 0 Å². The van der Waals surface area contributed by atoms with E-state index in [1.807, 2.05) is 0 Å². The lowest BCUT2D eigenvalue weighted by atomic mass is 10.1. The predicted molar refractivity (Wildman–Crippen MR) is 102 cm³/mol. The van der Waals surface area contributed by atoms with Gasteiger partial charge in [-0.25, -0.2) is 0 Å². The normalized spacial score (nSPS) is 10.9. The number of hydrogen-bond donors (Lipinski definition) is 0. The number of esters is 2. The minimum atomic E-state index is -0.206. The van der Waals surface area contributed by atoms with Gasteiger partial charge in [-0.05, 0) is 18.8 Å². The highest BCUT2D eigenvalue weighted by atomic mass is 16.5. The molecule has 0 bridgehead atoms. The van der Waals surface area contributed by atoms with Crippen LogP contribution in [-0.2, 0) is 19.1 Å². The smallest absolute Gasteiger partial charge is 0.305 e. The van der Waals surface area contributed by atoms with Crippen LogP contribution in [0.4, 0.5) is 0 Å². The summed E-state index contributed by atoms with van der Waals surface area (Å²) in [6.45, 7) is 7.43. The van der Waals surface area contributed by atoms with E-state index in [9.17, 15) is 9.59 Å². The van der Waals surface area contributed by atoms with Crippen molar-refractivity contribution >= 4 is 11.9 Å². The lowest BCUT2D eigenvalue weighted by Crippen LogP contribution is -2.13. The van der Waals surface area contributed by atoms with Crippen molar-refractivity contribution in [3.8, 4) is 0 Å². The summed E-state index contributed by atoms with van der Waals surface area (Å²) >= 11 is 0. The molecule has 4 nitrogen and oxygen atoms in total. The van der Waals surface area contributed by atoms with Gasteiger partial charge in [-0.3, -0.25) is 9.59 Å². The van der Waals surface area contributed by atoms with Crippen LogP contribution < -0.4 is 0 Å². The first-order valence-corrected chi connectivity index (χ1v) is 10.4. The first kappa shape index (κ1) is 23.9. The summed E-state index contributed by atoms with van der Waals surface area (Å²) in [5.74, 6) is 0.0408. The minimum absolute atomic E-state index is 0.198. The molecule has 0 saturated heterocycles. The molecule has 148 valence electrons. The molecule has 4 heteroatoms. The highest BCUT2D eigenvalue weighted by molar-refractivity contribution is 5.72. The summed E-state index contributed by atoms with van der Waals surface area (Å²) in [6.07, 6.45) is 13.0. The Balaban J connectivity index is 3.42. The Labute approximate surface area is 155 Å². The van der Waals surface area contributed by atoms with Gasteiger partial charge in [-0.1, -0.05) is 78.6 Å². The summed E-state index contributed by atoms with van der Waals surface area (Å²) in [7, 11) is 0. The Morgan fingerprint density at radius 3 is 1.76 bits per heavy atom. The molecule has 0 amide bonds. The van der Waals surface area contributed by atoms with Crippen molar-refractivity contribution < 1.29 is 19.1 Å². The number of hydrogen-bond acceptors (Lipinski definition) is 4. The predicted octanol–water partition coefficient (Wildman–Crippen LogP) is 5.82. The van der Waals surface area contributed by atoms with E-state index in [-0.39, 0.29) is 11.9 Å². The molecule has 0 aromatic carbocycles. The fourth-order valence-electron chi connectivity index (χ4n) is 2.68. The SMILES string of the molecule is CCCCCCCCCCOC(=O)CCCC(=O)OCC(CC)CC. The van der Waals surface area contributed by atoms with E-state index in [1.165, 1.54) is 38.5 Å². The Bertz CT molecular complexity index is 324. The molecule has 0 aliphatic heterocycles. The summed E-state index contributed by atoms with van der Waals surface area (Å²) in [6, 6.07) is 0. The largest absolute Gasteiger partial charge is 0.466 e. The highest BCUT2D eigenvalue weighted by Gasteiger charge is 2.10. The molecule has 0 unspecified atom stereocenters. The molecule has 0 N–H and O–H groups in total. The first-order valence-electron chi connectivity index (χ1n) is 10.4. The number of rotatable bonds is 17. The van der Waals surface area contributed by atoms with E-state index in [0.29, 0.717) is 38.4 Å². The second-order valence-corrected chi connectivity index (χ2v) is 6.91. The second kappa shape index (κ2) is 17.8. The quantitative estimate of drug-likeness (QED) is 0.243. The number of carbonyl (C=O) groups is 2. The molecular formula is C21H40O4. The lowest BCUT2D eigenvalue weighted by molar-refractivity contribution is -0.146. The van der Waals surface area contributed by atoms with Crippen molar-refractivity contribution in [3.63, 3.8) is 0 Å². The summed E-state index contributed by atoms with van der Waals surface area (Å²) in [5.41, 5.74) is 0. The molecule has 25 heavy (non-hydrogen) atoms. The third kappa shape index (κ3) is 16.2. The van der Waals surface area contributed by atoms with E-state index in [0.717, 1.165) is 25.7 Å². The van der Waals surface area contributed by atoms with Crippen molar-refractivity contribution in [2.75, 3.05) is 13.2 Å². The van der Waals surface area contributed by atoms with Crippen molar-refractivity contribution in [1.29, 1.82) is 0 Å². The molecule has 0 atom stereocenters. The molecule has 0 aromatic heterocycles. The molecule has 0 spiro atoms. The van der Waals surface area contributed by atoms with Crippen LogP contribution in [0, 0.1) is 5.92 Å². The Hall–Kier alpha value is -1.06. The van der Waals surface area contributed by atoms with Gasteiger partial charge in [0.15, 0.2) is 0 Å². The molecule has 0 aromatic rings. The maximum atomic E-state index is 11.6. The molecule has 0 rings (SSSR count). The van der Waals surface area contributed by atoms with Crippen LogP contribution in [-0.4, -0.2) is 25.2 Å². The number of carbonyl (C=O) groups excluding carboxylic acids is 2. The Kier molecular flexibility index (Phi) is 17.0. The van der Waals surface area contributed by atoms with E-state index in [4.69, 9.17) is 9.47 Å². The van der Waals surface area contributed by atoms with Gasteiger partial charge < -0.3 is 9.47 Å². The lowest BCUT2D eigenvalue weighted by Gasteiger charge is -2.12. The molecule has 0 saturated carbocycles. The number of ether oxygens (including phenoxy) is 2. The third-order valence-electron chi connectivity index (χ3n) is 4.66. The molecule has 0 aliphatic carbocycles. The van der Waals surface area contributed by atoms with Gasteiger partial charge in [-0.15, -0.1) is 0 Å². The fraction of sp³-hybridized carbons (Fsp3) is 0.905. The van der Waals surface area contributed by atoms with E-state index < -0.39 is 0 Å². The molecule has 0 aliphatic rings. The van der Waals surface area contributed by atoms with Gasteiger partial charge in [0.05, 0.1) is 13.2 Å². The maximum Gasteiger partial charge on any atom is 0.305 e. The standard InChI is InChI=1S/C21H40O4/c1-4-7-8-9-10-11-12-13-17-24-20(22)15-14-16-21(23)25-18-19(5-2)6-3/h19H,4-18H2,1-3H3. The monoisotopic (exact) mass is 356 g/mol.